The molecular formula is C71H19N3O5. The summed E-state index contributed by atoms with van der Waals surface area (Å²) < 4.78 is 20.0. The van der Waals surface area contributed by atoms with Gasteiger partial charge in [-0.1, -0.05) is 0 Å². The van der Waals surface area contributed by atoms with Gasteiger partial charge in [0, 0.05) is 181 Å². The van der Waals surface area contributed by atoms with Gasteiger partial charge in [0.05, 0.1) is 36.9 Å². The molecule has 0 bridgehead atoms. The maximum Gasteiger partial charge on any atom is 0.261 e. The van der Waals surface area contributed by atoms with Gasteiger partial charge in [0.1, 0.15) is 17.8 Å². The number of hydrogen-bond acceptors (Lipinski definition) is 7. The van der Waals surface area contributed by atoms with Gasteiger partial charge in [-0.25, -0.2) is 0 Å². The van der Waals surface area contributed by atoms with E-state index in [0.29, 0.717) is 25.0 Å². The maximum atomic E-state index is 17.0. The van der Waals surface area contributed by atoms with Crippen LogP contribution in [0.5, 0.6) is 5.75 Å². The predicted octanol–water partition coefficient (Wildman–Crippen LogP) is 16.1. The summed E-state index contributed by atoms with van der Waals surface area (Å²) in [6, 6.07) is 7.85. The molecule has 1 heterocycles. The standard InChI is InChI=1S/C71H19N3O5/c1-77-7-8-79-10-74-69-65-23-18(71(74)76)14-9-13-15-16(14)20-25(23)31-33-27(20)26-19(15)24-21-17(13)22-29-28(21)34-36-30(24)32(26)37-38(33)47-44-42(37)41(36)43-39(34)40-35(29)57-54-49(40)48-45(43)46(44)50-51(48)56-58(54)63(66(69)61(56)59-53(50)52(47)55(31)60(59)65)67-62(57)64(22)68(70(67)75)73-72-11-3-5-12(78-2)6-4-11/h3-6,72H,7-10H2,1-2H3/b73-68+. The molecule has 29 aromatic rings. The van der Waals surface area contributed by atoms with E-state index in [1.54, 1.807) is 14.2 Å². The fourth-order valence-corrected chi connectivity index (χ4v) is 22.9. The summed E-state index contributed by atoms with van der Waals surface area (Å²) in [7, 11) is 3.39. The molecule has 0 saturated heterocycles. The van der Waals surface area contributed by atoms with E-state index >= 15 is 9.59 Å². The number of nitrogens with one attached hydrogen (secondary N) is 1. The lowest BCUT2D eigenvalue weighted by Crippen LogP contribution is -2.24. The molecule has 0 saturated carbocycles. The van der Waals surface area contributed by atoms with Gasteiger partial charge in [-0.2, -0.15) is 5.10 Å². The van der Waals surface area contributed by atoms with E-state index in [-0.39, 0.29) is 17.7 Å². The van der Waals surface area contributed by atoms with Crippen molar-refractivity contribution in [2.24, 2.45) is 5.10 Å². The Bertz CT molecular complexity index is 7970. The summed E-state index contributed by atoms with van der Waals surface area (Å²) >= 11 is 0. The second-order valence-electron chi connectivity index (χ2n) is 25.8. The number of pyridine rings is 1. The van der Waals surface area contributed by atoms with Crippen LogP contribution in [0.4, 0.5) is 5.69 Å². The number of benzene rings is 18. The molecule has 0 atom stereocenters. The molecule has 30 rings (SSSR count). The third-order valence-electron chi connectivity index (χ3n) is 24.2. The highest BCUT2D eigenvalue weighted by atomic mass is 16.5. The van der Waals surface area contributed by atoms with Gasteiger partial charge in [-0.3, -0.25) is 19.6 Å². The molecule has 8 heteroatoms. The Hall–Kier alpha value is -9.73. The van der Waals surface area contributed by atoms with Crippen LogP contribution >= 0.6 is 0 Å². The molecule has 1 N–H and O–H groups in total. The smallest absolute Gasteiger partial charge is 0.261 e. The van der Waals surface area contributed by atoms with Crippen molar-refractivity contribution in [3.8, 4) is 5.75 Å². The van der Waals surface area contributed by atoms with Crippen LogP contribution in [0, 0.1) is 0 Å². The minimum absolute atomic E-state index is 0.00687. The molecule has 1 aliphatic carbocycles. The second kappa shape index (κ2) is 8.62. The third-order valence-corrected chi connectivity index (χ3v) is 24.2. The van der Waals surface area contributed by atoms with Crippen molar-refractivity contribution in [1.29, 1.82) is 0 Å². The van der Waals surface area contributed by atoms with Crippen molar-refractivity contribution in [3.05, 3.63) is 61.3 Å². The molecular weight excluding hydrogens is 975 g/mol. The molecule has 0 amide bonds. The zero-order valence-corrected chi connectivity index (χ0v) is 41.1. The average molecular weight is 994 g/mol. The summed E-state index contributed by atoms with van der Waals surface area (Å²) in [5, 5.41) is 76.6. The Morgan fingerprint density at radius 2 is 0.696 bits per heavy atom. The summed E-state index contributed by atoms with van der Waals surface area (Å²) in [6.07, 6.45) is 0.628. The summed E-state index contributed by atoms with van der Waals surface area (Å²) in [5.74, 6) is 0.757. The van der Waals surface area contributed by atoms with Crippen LogP contribution in [0.2, 0.25) is 0 Å². The van der Waals surface area contributed by atoms with Crippen molar-refractivity contribution < 1.29 is 14.2 Å². The summed E-state index contributed by atoms with van der Waals surface area (Å²) in [6.45, 7) is 0.814. The molecule has 0 aliphatic heterocycles. The van der Waals surface area contributed by atoms with Crippen LogP contribution in [0.1, 0.15) is 11.1 Å². The molecule has 0 fully saturated rings. The van der Waals surface area contributed by atoms with Gasteiger partial charge in [0.25, 0.3) is 5.56 Å². The number of nitrogens with zero attached hydrogens (tertiary/aromatic N) is 2. The number of ether oxygens (including phenoxy) is 3. The Morgan fingerprint density at radius 3 is 1.09 bits per heavy atom. The molecule has 1 aliphatic rings. The first-order valence-electron chi connectivity index (χ1n) is 28.0. The topological polar surface area (TPSA) is 91.2 Å². The van der Waals surface area contributed by atoms with E-state index in [1.807, 2.05) is 28.8 Å². The van der Waals surface area contributed by atoms with Gasteiger partial charge in [-0.15, -0.1) is 0 Å². The maximum absolute atomic E-state index is 17.0. The Balaban J connectivity index is 1.10. The SMILES string of the molecule is COCCOCn1c(=O)c2c3c4c5c(c6c7c8/c(=N\Nc9ccc(OC)cc9)c(=O)c9c8c8c%10c7c7c6c6c5c5c%11c4c4c2c2c%12c%13c4c%11c4c%11c5c6c5c7c6c%10c7c8c8c9c(c9c8c8c7c7c6c5c%11c5c7c8c(c%13c45)c%129)c21)C3. The fourth-order valence-electron chi connectivity index (χ4n) is 22.9. The molecule has 0 spiro atoms. The lowest BCUT2D eigenvalue weighted by atomic mass is 9.85. The molecule has 8 nitrogen and oxygen atoms in total. The van der Waals surface area contributed by atoms with Crippen LogP contribution in [0.3, 0.4) is 0 Å². The number of fused-ring (bicyclic) bond motifs is 7. The minimum Gasteiger partial charge on any atom is -0.497 e. The Labute approximate surface area is 431 Å². The van der Waals surface area contributed by atoms with Crippen LogP contribution in [-0.4, -0.2) is 32.0 Å². The monoisotopic (exact) mass is 993 g/mol. The molecule has 79 heavy (non-hydrogen) atoms. The van der Waals surface area contributed by atoms with Gasteiger partial charge >= 0.3 is 0 Å². The lowest BCUT2D eigenvalue weighted by Gasteiger charge is -2.21. The van der Waals surface area contributed by atoms with Crippen molar-refractivity contribution in [2.75, 3.05) is 32.9 Å². The van der Waals surface area contributed by atoms with Crippen LogP contribution in [0.25, 0.3) is 291 Å². The highest BCUT2D eigenvalue weighted by Crippen LogP contribution is 2.77. The first-order chi connectivity index (χ1) is 39.2. The van der Waals surface area contributed by atoms with E-state index in [2.05, 4.69) is 5.43 Å². The van der Waals surface area contributed by atoms with Crippen molar-refractivity contribution in [2.45, 2.75) is 13.2 Å². The minimum atomic E-state index is -0.0532. The Kier molecular flexibility index (Phi) is 3.65. The second-order valence-corrected chi connectivity index (χ2v) is 25.8. The largest absolute Gasteiger partial charge is 0.497 e. The zero-order valence-electron chi connectivity index (χ0n) is 41.1. The molecule has 348 valence electrons. The normalized spacial score (nSPS) is 16.4. The quantitative estimate of drug-likeness (QED) is 0.0706. The van der Waals surface area contributed by atoms with Crippen molar-refractivity contribution in [1.82, 2.24) is 4.57 Å². The molecule has 0 unspecified atom stereocenters. The number of anilines is 1. The van der Waals surface area contributed by atoms with Crippen LogP contribution in [0.15, 0.2) is 39.0 Å². The third kappa shape index (κ3) is 2.25. The first-order valence-corrected chi connectivity index (χ1v) is 28.0. The first kappa shape index (κ1) is 33.4. The lowest BCUT2D eigenvalue weighted by molar-refractivity contribution is 0.0349. The van der Waals surface area contributed by atoms with E-state index in [0.717, 1.165) is 54.7 Å². The molecule has 0 radical (unpaired) electrons. The van der Waals surface area contributed by atoms with E-state index < -0.39 is 0 Å². The van der Waals surface area contributed by atoms with E-state index in [9.17, 15) is 0 Å². The highest BCUT2D eigenvalue weighted by Gasteiger charge is 2.50. The van der Waals surface area contributed by atoms with Crippen LogP contribution < -0.4 is 26.5 Å². The number of methoxy groups -OCH3 is 2. The van der Waals surface area contributed by atoms with E-state index in [1.165, 1.54) is 259 Å². The average Bonchev–Trinajstić information content (AvgIpc) is 1.52. The Morgan fingerprint density at radius 1 is 0.380 bits per heavy atom. The van der Waals surface area contributed by atoms with E-state index in [4.69, 9.17) is 19.3 Å². The van der Waals surface area contributed by atoms with Gasteiger partial charge < -0.3 is 14.2 Å². The predicted molar refractivity (Wildman–Crippen MR) is 326 cm³/mol. The zero-order chi connectivity index (χ0) is 49.0. The molecule has 28 aromatic carbocycles. The van der Waals surface area contributed by atoms with Gasteiger partial charge in [-0.05, 0) is 149 Å². The van der Waals surface area contributed by atoms with Crippen LogP contribution in [-0.2, 0) is 22.6 Å². The number of aromatic nitrogens is 1. The number of hydrogen-bond donors (Lipinski definition) is 1. The highest BCUT2D eigenvalue weighted by molar-refractivity contribution is 6.81. The van der Waals surface area contributed by atoms with Gasteiger partial charge in [0.15, 0.2) is 0 Å². The summed E-state index contributed by atoms with van der Waals surface area (Å²) in [5.41, 5.74) is 7.62. The fraction of sp³-hybridized carbons (Fsp3) is 0.0845. The van der Waals surface area contributed by atoms with Crippen molar-refractivity contribution >= 4 is 297 Å². The van der Waals surface area contributed by atoms with Crippen molar-refractivity contribution in [3.63, 3.8) is 0 Å². The summed E-state index contributed by atoms with van der Waals surface area (Å²) in [4.78, 5) is 34.0. The number of rotatable bonds is 8. The molecule has 1 aromatic heterocycles. The van der Waals surface area contributed by atoms with Gasteiger partial charge in [0.2, 0.25) is 5.43 Å².